The number of carbonyl (C=O) groups excluding carboxylic acids is 1. The second-order valence-electron chi connectivity index (χ2n) is 10.9. The lowest BCUT2D eigenvalue weighted by Crippen LogP contribution is -2.25. The molecule has 0 saturated carbocycles. The monoisotopic (exact) mass is 499 g/mol. The molecule has 4 nitrogen and oxygen atoms in total. The van der Waals surface area contributed by atoms with Gasteiger partial charge >= 0.3 is 0 Å². The Balaban J connectivity index is 1.74. The van der Waals surface area contributed by atoms with Crippen LogP contribution in [-0.2, 0) is 9.53 Å². The van der Waals surface area contributed by atoms with Crippen molar-refractivity contribution < 1.29 is 14.6 Å². The number of hydrogen-bond donors (Lipinski definition) is 1. The second-order valence-corrected chi connectivity index (χ2v) is 17.6. The molecular weight excluding hydrogens is 458 g/mol. The molecule has 0 bridgehead atoms. The molecule has 0 radical (unpaired) electrons. The van der Waals surface area contributed by atoms with Crippen LogP contribution in [0.3, 0.4) is 0 Å². The van der Waals surface area contributed by atoms with E-state index in [1.165, 1.54) is 16.5 Å². The summed E-state index contributed by atoms with van der Waals surface area (Å²) in [6.45, 7) is 12.9. The van der Waals surface area contributed by atoms with E-state index in [0.717, 1.165) is 35.6 Å². The van der Waals surface area contributed by atoms with E-state index in [2.05, 4.69) is 63.0 Å². The van der Waals surface area contributed by atoms with Crippen LogP contribution in [0, 0.1) is 5.92 Å². The van der Waals surface area contributed by atoms with Gasteiger partial charge in [0.25, 0.3) is 0 Å². The van der Waals surface area contributed by atoms with E-state index in [9.17, 15) is 9.90 Å². The molecule has 2 aliphatic rings. The van der Waals surface area contributed by atoms with E-state index in [0.29, 0.717) is 19.4 Å². The number of dihydropyridines is 1. The summed E-state index contributed by atoms with van der Waals surface area (Å²) in [5.41, 5.74) is 2.94. The van der Waals surface area contributed by atoms with Gasteiger partial charge in [-0.05, 0) is 42.9 Å². The van der Waals surface area contributed by atoms with Gasteiger partial charge in [0, 0.05) is 55.6 Å². The molecule has 2 heterocycles. The molecular formula is C28H41NO3SSi. The average molecular weight is 500 g/mol. The minimum absolute atomic E-state index is 0.113. The zero-order valence-corrected chi connectivity index (χ0v) is 23.3. The highest BCUT2D eigenvalue weighted by atomic mass is 32.2. The molecule has 0 fully saturated rings. The molecule has 0 spiro atoms. The number of ether oxygens (including phenoxy) is 1. The largest absolute Gasteiger partial charge is 0.396 e. The van der Waals surface area contributed by atoms with Crippen molar-refractivity contribution in [1.82, 2.24) is 0 Å². The summed E-state index contributed by atoms with van der Waals surface area (Å²) in [7, 11) is -1.08. The van der Waals surface area contributed by atoms with Crippen molar-refractivity contribution in [2.24, 2.45) is 10.9 Å². The first-order valence-electron chi connectivity index (χ1n) is 12.7. The number of thioether (sulfide) groups is 1. The van der Waals surface area contributed by atoms with Crippen molar-refractivity contribution in [1.29, 1.82) is 0 Å². The lowest BCUT2D eigenvalue weighted by atomic mass is 9.91. The number of ketones is 1. The molecule has 6 heteroatoms. The van der Waals surface area contributed by atoms with Gasteiger partial charge in [-0.2, -0.15) is 0 Å². The first-order chi connectivity index (χ1) is 16.2. The Morgan fingerprint density at radius 2 is 2.03 bits per heavy atom. The number of nitrogens with zero attached hydrogens (tertiary/aromatic N) is 1. The Hall–Kier alpha value is -1.47. The molecule has 1 unspecified atom stereocenters. The van der Waals surface area contributed by atoms with Crippen LogP contribution < -0.4 is 0 Å². The standard InChI is InChI=1S/C28H41NO3SSi/c1-20(19-30)10-13-25(31)24-12-11-22(14-15-32-16-17-34(3,4)5)29-28(24)27-18-21(2)23-8-6-7-9-26(23)33-27/h6-9,12,18,20-22,30H,10-11,13-17,19H2,1-5H3/t20-,21+,22?/m0/s1. The third kappa shape index (κ3) is 7.77. The maximum atomic E-state index is 13.2. The van der Waals surface area contributed by atoms with Crippen LogP contribution in [0.25, 0.3) is 0 Å². The van der Waals surface area contributed by atoms with Gasteiger partial charge in [-0.3, -0.25) is 9.79 Å². The smallest absolute Gasteiger partial charge is 0.164 e. The predicted octanol–water partition coefficient (Wildman–Crippen LogP) is 6.64. The zero-order chi connectivity index (χ0) is 24.7. The number of benzene rings is 1. The fourth-order valence-corrected chi connectivity index (χ4v) is 6.17. The van der Waals surface area contributed by atoms with Crippen LogP contribution >= 0.6 is 11.8 Å². The molecule has 0 aromatic heterocycles. The van der Waals surface area contributed by atoms with E-state index in [1.54, 1.807) is 11.8 Å². The van der Waals surface area contributed by atoms with E-state index >= 15 is 0 Å². The minimum Gasteiger partial charge on any atom is -0.396 e. The lowest BCUT2D eigenvalue weighted by Gasteiger charge is -2.27. The Bertz CT molecular complexity index is 947. The fourth-order valence-electron chi connectivity index (χ4n) is 4.13. The van der Waals surface area contributed by atoms with Crippen LogP contribution in [0.2, 0.25) is 25.7 Å². The van der Waals surface area contributed by atoms with Gasteiger partial charge in [0.05, 0.1) is 11.8 Å². The maximum Gasteiger partial charge on any atom is 0.164 e. The predicted molar refractivity (Wildman–Crippen MR) is 147 cm³/mol. The molecule has 1 aromatic carbocycles. The fraction of sp³-hybridized carbons (Fsp3) is 0.571. The summed E-state index contributed by atoms with van der Waals surface area (Å²) in [4.78, 5) is 20.7. The first kappa shape index (κ1) is 27.1. The molecule has 3 rings (SSSR count). The van der Waals surface area contributed by atoms with Gasteiger partial charge < -0.3 is 9.84 Å². The number of allylic oxidation sites excluding steroid dienone is 3. The minimum atomic E-state index is -1.08. The van der Waals surface area contributed by atoms with Crippen molar-refractivity contribution in [3.05, 3.63) is 52.5 Å². The molecule has 0 aliphatic carbocycles. The molecule has 0 saturated heterocycles. The third-order valence-electron chi connectivity index (χ3n) is 6.49. The van der Waals surface area contributed by atoms with Crippen LogP contribution in [0.1, 0.15) is 51.0 Å². The number of Topliss-reactive ketones (excluding diaryl/α,β-unsaturated/α-hetero) is 1. The van der Waals surface area contributed by atoms with Crippen molar-refractivity contribution >= 4 is 31.3 Å². The number of aliphatic hydroxyl groups excluding tert-OH is 1. The maximum absolute atomic E-state index is 13.2. The summed E-state index contributed by atoms with van der Waals surface area (Å²) < 4.78 is 5.94. The summed E-state index contributed by atoms with van der Waals surface area (Å²) >= 11 is 1.72. The van der Waals surface area contributed by atoms with Gasteiger partial charge in [-0.15, -0.1) is 0 Å². The number of aliphatic imine (C=N–C) groups is 1. The van der Waals surface area contributed by atoms with Gasteiger partial charge in [0.1, 0.15) is 0 Å². The van der Waals surface area contributed by atoms with Crippen molar-refractivity contribution in [2.45, 2.75) is 82.1 Å². The quantitative estimate of drug-likeness (QED) is 0.259. The highest BCUT2D eigenvalue weighted by molar-refractivity contribution is 8.04. The van der Waals surface area contributed by atoms with E-state index < -0.39 is 8.07 Å². The van der Waals surface area contributed by atoms with Crippen LogP contribution in [0.5, 0.6) is 0 Å². The summed E-state index contributed by atoms with van der Waals surface area (Å²) in [5, 5.41) is 9.36. The molecule has 186 valence electrons. The molecule has 3 atom stereocenters. The molecule has 1 aromatic rings. The van der Waals surface area contributed by atoms with Gasteiger partial charge in [-0.1, -0.05) is 75.6 Å². The number of rotatable bonds is 12. The summed E-state index contributed by atoms with van der Waals surface area (Å²) in [6, 6.07) is 9.82. The number of fused-ring (bicyclic) bond motifs is 1. The van der Waals surface area contributed by atoms with Crippen molar-refractivity contribution in [3.8, 4) is 0 Å². The molecule has 0 amide bonds. The number of aliphatic hydroxyl groups is 1. The Kier molecular flexibility index (Phi) is 9.95. The van der Waals surface area contributed by atoms with E-state index in [-0.39, 0.29) is 30.3 Å². The molecule has 34 heavy (non-hydrogen) atoms. The Labute approximate surface area is 211 Å². The molecule has 1 N–H and O–H groups in total. The topological polar surface area (TPSA) is 58.9 Å². The van der Waals surface area contributed by atoms with Crippen molar-refractivity contribution in [3.63, 3.8) is 0 Å². The van der Waals surface area contributed by atoms with Gasteiger partial charge in [0.15, 0.2) is 5.78 Å². The number of hydrogen-bond acceptors (Lipinski definition) is 5. The van der Waals surface area contributed by atoms with E-state index in [4.69, 9.17) is 9.73 Å². The Morgan fingerprint density at radius 1 is 1.26 bits per heavy atom. The second kappa shape index (κ2) is 12.5. The van der Waals surface area contributed by atoms with Gasteiger partial charge in [0.2, 0.25) is 0 Å². The SMILES string of the molecule is C[C@H](CO)CCC(=O)C1=CCC(CCOCC[Si](C)(C)C)N=C1C1=C[C@@H](C)c2ccccc2S1. The van der Waals surface area contributed by atoms with Crippen molar-refractivity contribution in [2.75, 3.05) is 19.8 Å². The number of carbonyl (C=O) groups is 1. The van der Waals surface area contributed by atoms with E-state index in [1.807, 2.05) is 6.92 Å². The highest BCUT2D eigenvalue weighted by Crippen LogP contribution is 2.42. The zero-order valence-electron chi connectivity index (χ0n) is 21.5. The highest BCUT2D eigenvalue weighted by Gasteiger charge is 2.28. The lowest BCUT2D eigenvalue weighted by molar-refractivity contribution is -0.115. The van der Waals surface area contributed by atoms with Crippen LogP contribution in [0.15, 0.2) is 56.8 Å². The third-order valence-corrected chi connectivity index (χ3v) is 9.34. The first-order valence-corrected chi connectivity index (χ1v) is 17.2. The summed E-state index contributed by atoms with van der Waals surface area (Å²) in [5.74, 6) is 0.549. The van der Waals surface area contributed by atoms with Crippen LogP contribution in [-0.4, -0.2) is 50.5 Å². The molecule has 2 aliphatic heterocycles. The summed E-state index contributed by atoms with van der Waals surface area (Å²) in [6.07, 6.45) is 7.16. The van der Waals surface area contributed by atoms with Gasteiger partial charge in [-0.25, -0.2) is 0 Å². The van der Waals surface area contributed by atoms with Crippen LogP contribution in [0.4, 0.5) is 0 Å². The Morgan fingerprint density at radius 3 is 2.76 bits per heavy atom. The average Bonchev–Trinajstić information content (AvgIpc) is 2.81. The normalized spacial score (nSPS) is 21.3.